The molecule has 0 saturated heterocycles. The van der Waals surface area contributed by atoms with Crippen molar-refractivity contribution in [2.45, 2.75) is 32.5 Å². The Labute approximate surface area is 109 Å². The summed E-state index contributed by atoms with van der Waals surface area (Å²) in [6.07, 6.45) is 1.04. The molecule has 0 heterocycles. The van der Waals surface area contributed by atoms with Crippen molar-refractivity contribution in [2.75, 3.05) is 19.7 Å². The average Bonchev–Trinajstić information content (AvgIpc) is 2.37. The van der Waals surface area contributed by atoms with Gasteiger partial charge in [-0.15, -0.1) is 0 Å². The van der Waals surface area contributed by atoms with Crippen LogP contribution in [-0.2, 0) is 6.61 Å². The van der Waals surface area contributed by atoms with Crippen molar-refractivity contribution < 1.29 is 14.9 Å². The number of hydrogen-bond acceptors (Lipinski definition) is 4. The monoisotopic (exact) mass is 253 g/mol. The Morgan fingerprint density at radius 1 is 1.28 bits per heavy atom. The molecule has 102 valence electrons. The van der Waals surface area contributed by atoms with E-state index in [0.717, 1.165) is 18.5 Å². The highest BCUT2D eigenvalue weighted by atomic mass is 16.5. The molecule has 0 spiro atoms. The zero-order valence-corrected chi connectivity index (χ0v) is 11.1. The van der Waals surface area contributed by atoms with Gasteiger partial charge in [-0.05, 0) is 37.6 Å². The number of aliphatic hydroxyl groups is 2. The molecule has 1 aromatic carbocycles. The largest absolute Gasteiger partial charge is 0.491 e. The van der Waals surface area contributed by atoms with Gasteiger partial charge in [0.1, 0.15) is 18.0 Å². The summed E-state index contributed by atoms with van der Waals surface area (Å²) in [5.74, 6) is 0.697. The Kier molecular flexibility index (Phi) is 6.12. The van der Waals surface area contributed by atoms with Crippen molar-refractivity contribution in [3.63, 3.8) is 0 Å². The third-order valence-electron chi connectivity index (χ3n) is 2.59. The Hall–Kier alpha value is -1.10. The van der Waals surface area contributed by atoms with E-state index in [4.69, 9.17) is 9.84 Å². The number of rotatable bonds is 8. The van der Waals surface area contributed by atoms with Crippen LogP contribution in [0.1, 0.15) is 25.8 Å². The van der Waals surface area contributed by atoms with Crippen LogP contribution in [0.2, 0.25) is 0 Å². The fourth-order valence-electron chi connectivity index (χ4n) is 1.52. The van der Waals surface area contributed by atoms with Gasteiger partial charge in [0, 0.05) is 6.54 Å². The molecule has 4 nitrogen and oxygen atoms in total. The minimum atomic E-state index is -0.884. The maximum atomic E-state index is 10.1. The Balaban J connectivity index is 2.37. The maximum absolute atomic E-state index is 10.1. The summed E-state index contributed by atoms with van der Waals surface area (Å²) < 4.78 is 5.53. The molecular formula is C14H23NO3. The second-order valence-corrected chi connectivity index (χ2v) is 4.76. The van der Waals surface area contributed by atoms with Gasteiger partial charge in [-0.3, -0.25) is 0 Å². The molecule has 0 amide bonds. The number of hydrogen-bond donors (Lipinski definition) is 3. The summed E-state index contributed by atoms with van der Waals surface area (Å²) in [5, 5.41) is 22.2. The molecule has 4 heteroatoms. The minimum absolute atomic E-state index is 0.0267. The molecule has 0 saturated carbocycles. The van der Waals surface area contributed by atoms with E-state index in [1.165, 1.54) is 0 Å². The first-order valence-corrected chi connectivity index (χ1v) is 6.33. The van der Waals surface area contributed by atoms with Crippen LogP contribution < -0.4 is 10.1 Å². The Morgan fingerprint density at radius 2 is 1.94 bits per heavy atom. The van der Waals surface area contributed by atoms with E-state index in [9.17, 15) is 5.11 Å². The molecule has 0 aliphatic rings. The molecule has 1 atom stereocenters. The van der Waals surface area contributed by atoms with Crippen LogP contribution in [-0.4, -0.2) is 35.5 Å². The summed E-state index contributed by atoms with van der Waals surface area (Å²) in [5.41, 5.74) is -0.0381. The molecule has 0 radical (unpaired) electrons. The molecule has 18 heavy (non-hydrogen) atoms. The van der Waals surface area contributed by atoms with E-state index in [2.05, 4.69) is 12.2 Å². The summed E-state index contributed by atoms with van der Waals surface area (Å²) in [6.45, 7) is 5.50. The van der Waals surface area contributed by atoms with E-state index < -0.39 is 5.60 Å². The lowest BCUT2D eigenvalue weighted by Crippen LogP contribution is -2.43. The average molecular weight is 253 g/mol. The molecule has 0 bridgehead atoms. The third-order valence-corrected chi connectivity index (χ3v) is 2.59. The highest BCUT2D eigenvalue weighted by Crippen LogP contribution is 2.14. The maximum Gasteiger partial charge on any atom is 0.119 e. The zero-order chi connectivity index (χ0) is 13.4. The van der Waals surface area contributed by atoms with Crippen molar-refractivity contribution in [3.05, 3.63) is 29.8 Å². The predicted molar refractivity (Wildman–Crippen MR) is 71.6 cm³/mol. The number of benzene rings is 1. The van der Waals surface area contributed by atoms with Crippen LogP contribution >= 0.6 is 0 Å². The summed E-state index contributed by atoms with van der Waals surface area (Å²) in [7, 11) is 0. The van der Waals surface area contributed by atoms with E-state index in [-0.39, 0.29) is 13.2 Å². The molecule has 1 aromatic rings. The van der Waals surface area contributed by atoms with Crippen LogP contribution in [0.5, 0.6) is 5.75 Å². The lowest BCUT2D eigenvalue weighted by Gasteiger charge is -2.24. The van der Waals surface area contributed by atoms with Gasteiger partial charge in [0.25, 0.3) is 0 Å². The van der Waals surface area contributed by atoms with E-state index in [1.54, 1.807) is 31.2 Å². The zero-order valence-electron chi connectivity index (χ0n) is 11.1. The van der Waals surface area contributed by atoms with Crippen LogP contribution in [0.25, 0.3) is 0 Å². The quantitative estimate of drug-likeness (QED) is 0.611. The van der Waals surface area contributed by atoms with E-state index >= 15 is 0 Å². The lowest BCUT2D eigenvalue weighted by atomic mass is 10.1. The topological polar surface area (TPSA) is 61.7 Å². The molecule has 1 unspecified atom stereocenters. The van der Waals surface area contributed by atoms with Crippen molar-refractivity contribution >= 4 is 0 Å². The normalized spacial score (nSPS) is 14.2. The van der Waals surface area contributed by atoms with Gasteiger partial charge in [-0.25, -0.2) is 0 Å². The number of aliphatic hydroxyl groups excluding tert-OH is 1. The van der Waals surface area contributed by atoms with Crippen molar-refractivity contribution in [2.24, 2.45) is 0 Å². The van der Waals surface area contributed by atoms with Crippen LogP contribution in [0, 0.1) is 0 Å². The van der Waals surface area contributed by atoms with Gasteiger partial charge < -0.3 is 20.3 Å². The van der Waals surface area contributed by atoms with E-state index in [1.807, 2.05) is 0 Å². The number of nitrogens with one attached hydrogen (secondary N) is 1. The smallest absolute Gasteiger partial charge is 0.119 e. The van der Waals surface area contributed by atoms with Crippen LogP contribution in [0.3, 0.4) is 0 Å². The van der Waals surface area contributed by atoms with E-state index in [0.29, 0.717) is 12.3 Å². The van der Waals surface area contributed by atoms with Gasteiger partial charge in [0.2, 0.25) is 0 Å². The number of ether oxygens (including phenoxy) is 1. The first-order valence-electron chi connectivity index (χ1n) is 6.33. The van der Waals surface area contributed by atoms with Gasteiger partial charge >= 0.3 is 0 Å². The lowest BCUT2D eigenvalue weighted by molar-refractivity contribution is 0.0125. The summed E-state index contributed by atoms with van der Waals surface area (Å²) in [6, 6.07) is 7.20. The standard InChI is InChI=1S/C14H23NO3/c1-3-8-15-10-14(2,17)11-18-13-6-4-12(9-16)5-7-13/h4-7,15-17H,3,8-11H2,1-2H3. The van der Waals surface area contributed by atoms with Gasteiger partial charge in [0.05, 0.1) is 6.61 Å². The van der Waals surface area contributed by atoms with Crippen LogP contribution in [0.4, 0.5) is 0 Å². The molecule has 0 aromatic heterocycles. The van der Waals surface area contributed by atoms with Crippen LogP contribution in [0.15, 0.2) is 24.3 Å². The summed E-state index contributed by atoms with van der Waals surface area (Å²) >= 11 is 0. The Bertz CT molecular complexity index is 335. The fourth-order valence-corrected chi connectivity index (χ4v) is 1.52. The molecule has 0 aliphatic carbocycles. The summed E-state index contributed by atoms with van der Waals surface area (Å²) in [4.78, 5) is 0. The fraction of sp³-hybridized carbons (Fsp3) is 0.571. The van der Waals surface area contributed by atoms with Crippen molar-refractivity contribution in [1.82, 2.24) is 5.32 Å². The van der Waals surface area contributed by atoms with Gasteiger partial charge in [-0.1, -0.05) is 19.1 Å². The van der Waals surface area contributed by atoms with Crippen molar-refractivity contribution in [3.8, 4) is 5.75 Å². The SMILES string of the molecule is CCCNCC(C)(O)COc1ccc(CO)cc1. The Morgan fingerprint density at radius 3 is 2.50 bits per heavy atom. The highest BCUT2D eigenvalue weighted by molar-refractivity contribution is 5.26. The van der Waals surface area contributed by atoms with Crippen molar-refractivity contribution in [1.29, 1.82) is 0 Å². The van der Waals surface area contributed by atoms with Gasteiger partial charge in [0.15, 0.2) is 0 Å². The molecular weight excluding hydrogens is 230 g/mol. The molecule has 1 rings (SSSR count). The first kappa shape index (κ1) is 15.0. The third kappa shape index (κ3) is 5.49. The second kappa shape index (κ2) is 7.36. The predicted octanol–water partition coefficient (Wildman–Crippen LogP) is 1.31. The van der Waals surface area contributed by atoms with Gasteiger partial charge in [-0.2, -0.15) is 0 Å². The molecule has 0 aliphatic heterocycles. The minimum Gasteiger partial charge on any atom is -0.491 e. The highest BCUT2D eigenvalue weighted by Gasteiger charge is 2.20. The first-order chi connectivity index (χ1) is 8.57. The second-order valence-electron chi connectivity index (χ2n) is 4.76. The molecule has 0 fully saturated rings. The molecule has 3 N–H and O–H groups in total.